The van der Waals surface area contributed by atoms with E-state index in [1.807, 2.05) is 0 Å². The number of benzene rings is 1. The zero-order chi connectivity index (χ0) is 10.0. The van der Waals surface area contributed by atoms with Gasteiger partial charge in [0, 0.05) is 11.1 Å². The molecule has 0 saturated carbocycles. The van der Waals surface area contributed by atoms with E-state index in [2.05, 4.69) is 0 Å². The Morgan fingerprint density at radius 3 is 2.00 bits per heavy atom. The summed E-state index contributed by atoms with van der Waals surface area (Å²) in [7, 11) is 0. The molecule has 0 spiro atoms. The molecule has 0 radical (unpaired) electrons. The summed E-state index contributed by atoms with van der Waals surface area (Å²) in [5, 5.41) is 20.9. The second-order valence-electron chi connectivity index (χ2n) is 2.62. The summed E-state index contributed by atoms with van der Waals surface area (Å²) < 4.78 is 0. The zero-order valence-corrected chi connectivity index (χ0v) is 10.5. The predicted molar refractivity (Wildman–Crippen MR) is 39.8 cm³/mol. The molecule has 1 rings (SSSR count). The van der Waals surface area contributed by atoms with Crippen LogP contribution in [0.25, 0.3) is 0 Å². The van der Waals surface area contributed by atoms with Gasteiger partial charge in [-0.3, -0.25) is 0 Å². The van der Waals surface area contributed by atoms with E-state index in [-0.39, 0.29) is 30.6 Å². The Bertz CT molecular complexity index is 373. The number of hydrogen-bond acceptors (Lipinski definition) is 4. The van der Waals surface area contributed by atoms with Crippen molar-refractivity contribution in [3.05, 3.63) is 34.9 Å². The van der Waals surface area contributed by atoms with Crippen molar-refractivity contribution in [1.82, 2.24) is 0 Å². The molecular formula is C9H6O4Zn. The first kappa shape index (κ1) is 12.8. The molecule has 1 aromatic carbocycles. The fourth-order valence-electron chi connectivity index (χ4n) is 1.00. The van der Waals surface area contributed by atoms with Gasteiger partial charge in [-0.25, -0.2) is 0 Å². The standard InChI is InChI=1S/C9H8O4.Zn/c1-5-2-3-6(8(10)11)7(4-5)9(12)13;/h2-4H,1H3,(H,10,11)(H,12,13);/q;+2/p-2. The molecule has 0 fully saturated rings. The van der Waals surface area contributed by atoms with E-state index in [0.29, 0.717) is 5.56 Å². The Hall–Kier alpha value is -1.22. The van der Waals surface area contributed by atoms with Crippen molar-refractivity contribution in [2.24, 2.45) is 0 Å². The van der Waals surface area contributed by atoms with Crippen LogP contribution in [0.4, 0.5) is 0 Å². The Morgan fingerprint density at radius 2 is 1.57 bits per heavy atom. The molecule has 68 valence electrons. The Balaban J connectivity index is 0.00000169. The van der Waals surface area contributed by atoms with Gasteiger partial charge in [0.1, 0.15) is 0 Å². The summed E-state index contributed by atoms with van der Waals surface area (Å²) in [5.41, 5.74) is -0.0465. The van der Waals surface area contributed by atoms with E-state index in [4.69, 9.17) is 0 Å². The maximum absolute atomic E-state index is 10.5. The summed E-state index contributed by atoms with van der Waals surface area (Å²) in [5.74, 6) is -3.03. The van der Waals surface area contributed by atoms with Gasteiger partial charge < -0.3 is 19.8 Å². The van der Waals surface area contributed by atoms with Crippen molar-refractivity contribution in [3.63, 3.8) is 0 Å². The molecule has 0 N–H and O–H groups in total. The molecule has 0 amide bonds. The third kappa shape index (κ3) is 2.64. The Kier molecular flexibility index (Phi) is 4.44. The van der Waals surface area contributed by atoms with Crippen molar-refractivity contribution in [1.29, 1.82) is 0 Å². The summed E-state index contributed by atoms with van der Waals surface area (Å²) in [6.07, 6.45) is 0. The van der Waals surface area contributed by atoms with Crippen LogP contribution in [0.2, 0.25) is 0 Å². The third-order valence-electron chi connectivity index (χ3n) is 1.61. The molecule has 0 aliphatic heterocycles. The van der Waals surface area contributed by atoms with Gasteiger partial charge in [0.25, 0.3) is 0 Å². The topological polar surface area (TPSA) is 80.3 Å². The first-order valence-corrected chi connectivity index (χ1v) is 3.55. The Morgan fingerprint density at radius 1 is 1.07 bits per heavy atom. The summed E-state index contributed by atoms with van der Waals surface area (Å²) in [4.78, 5) is 20.9. The average Bonchev–Trinajstić information content (AvgIpc) is 2.03. The van der Waals surface area contributed by atoms with Crippen molar-refractivity contribution in [2.45, 2.75) is 6.92 Å². The molecule has 0 saturated heterocycles. The van der Waals surface area contributed by atoms with Crippen LogP contribution < -0.4 is 10.2 Å². The van der Waals surface area contributed by atoms with Gasteiger partial charge in [0.15, 0.2) is 0 Å². The fourth-order valence-corrected chi connectivity index (χ4v) is 1.00. The monoisotopic (exact) mass is 242 g/mol. The molecular weight excluding hydrogens is 237 g/mol. The van der Waals surface area contributed by atoms with Crippen LogP contribution in [0.15, 0.2) is 18.2 Å². The van der Waals surface area contributed by atoms with E-state index in [9.17, 15) is 19.8 Å². The minimum Gasteiger partial charge on any atom is -0.545 e. The number of hydrogen-bond donors (Lipinski definition) is 0. The first-order chi connectivity index (χ1) is 6.02. The smallest absolute Gasteiger partial charge is 0.545 e. The minimum atomic E-state index is -1.51. The molecule has 0 aromatic heterocycles. The molecule has 0 aliphatic rings. The van der Waals surface area contributed by atoms with Gasteiger partial charge in [-0.2, -0.15) is 0 Å². The second kappa shape index (κ2) is 4.86. The predicted octanol–water partition coefficient (Wildman–Crippen LogP) is -1.28. The Labute approximate surface area is 93.3 Å². The number of carbonyl (C=O) groups is 2. The van der Waals surface area contributed by atoms with E-state index in [0.717, 1.165) is 0 Å². The maximum Gasteiger partial charge on any atom is 2.00 e. The normalized spacial score (nSPS) is 8.93. The van der Waals surface area contributed by atoms with E-state index in [1.54, 1.807) is 6.92 Å². The van der Waals surface area contributed by atoms with Crippen LogP contribution in [0.1, 0.15) is 26.3 Å². The van der Waals surface area contributed by atoms with Crippen LogP contribution >= 0.6 is 0 Å². The van der Waals surface area contributed by atoms with Crippen molar-refractivity contribution < 1.29 is 39.3 Å². The van der Waals surface area contributed by atoms with E-state index >= 15 is 0 Å². The molecule has 0 bridgehead atoms. The van der Waals surface area contributed by atoms with E-state index < -0.39 is 11.9 Å². The van der Waals surface area contributed by atoms with Crippen molar-refractivity contribution >= 4 is 11.9 Å². The van der Waals surface area contributed by atoms with Crippen LogP contribution in [0.5, 0.6) is 0 Å². The molecule has 4 nitrogen and oxygen atoms in total. The molecule has 0 atom stereocenters. The molecule has 0 heterocycles. The van der Waals surface area contributed by atoms with E-state index in [1.165, 1.54) is 18.2 Å². The number of aromatic carboxylic acids is 2. The van der Waals surface area contributed by atoms with Gasteiger partial charge in [-0.1, -0.05) is 17.7 Å². The SMILES string of the molecule is Cc1ccc(C(=O)[O-])c(C(=O)[O-])c1.[Zn+2]. The van der Waals surface area contributed by atoms with Gasteiger partial charge in [-0.15, -0.1) is 0 Å². The van der Waals surface area contributed by atoms with Gasteiger partial charge in [0.2, 0.25) is 0 Å². The number of rotatable bonds is 2. The number of carboxylic acids is 2. The zero-order valence-electron chi connectivity index (χ0n) is 7.57. The number of carbonyl (C=O) groups excluding carboxylic acids is 2. The summed E-state index contributed by atoms with van der Waals surface area (Å²) >= 11 is 0. The molecule has 5 heteroatoms. The van der Waals surface area contributed by atoms with Gasteiger partial charge >= 0.3 is 19.5 Å². The van der Waals surface area contributed by atoms with Gasteiger partial charge in [0.05, 0.1) is 11.9 Å². The van der Waals surface area contributed by atoms with Crippen LogP contribution in [0.3, 0.4) is 0 Å². The fraction of sp³-hybridized carbons (Fsp3) is 0.111. The van der Waals surface area contributed by atoms with Crippen molar-refractivity contribution in [2.75, 3.05) is 0 Å². The van der Waals surface area contributed by atoms with Crippen molar-refractivity contribution in [3.8, 4) is 0 Å². The molecule has 1 aromatic rings. The molecule has 0 aliphatic carbocycles. The summed E-state index contributed by atoms with van der Waals surface area (Å²) in [6.45, 7) is 1.66. The largest absolute Gasteiger partial charge is 2.00 e. The van der Waals surface area contributed by atoms with Crippen LogP contribution in [-0.4, -0.2) is 11.9 Å². The second-order valence-corrected chi connectivity index (χ2v) is 2.62. The number of carboxylic acid groups (broad SMARTS) is 2. The molecule has 14 heavy (non-hydrogen) atoms. The quantitative estimate of drug-likeness (QED) is 0.606. The molecule has 0 unspecified atom stereocenters. The first-order valence-electron chi connectivity index (χ1n) is 3.55. The van der Waals surface area contributed by atoms with Crippen LogP contribution in [-0.2, 0) is 19.5 Å². The minimum absolute atomic E-state index is 0. The third-order valence-corrected chi connectivity index (χ3v) is 1.61. The maximum atomic E-state index is 10.5. The average molecular weight is 244 g/mol. The summed E-state index contributed by atoms with van der Waals surface area (Å²) in [6, 6.07) is 3.92. The van der Waals surface area contributed by atoms with Gasteiger partial charge in [-0.05, 0) is 13.0 Å². The van der Waals surface area contributed by atoms with Crippen LogP contribution in [0, 0.1) is 6.92 Å². The number of aryl methyl sites for hydroxylation is 1.